The van der Waals surface area contributed by atoms with Crippen LogP contribution in [0.5, 0.6) is 0 Å². The van der Waals surface area contributed by atoms with Crippen molar-refractivity contribution >= 4 is 17.5 Å². The lowest BCUT2D eigenvalue weighted by Crippen LogP contribution is -2.44. The molecule has 2 amide bonds. The summed E-state index contributed by atoms with van der Waals surface area (Å²) in [5.74, 6) is -1.17. The van der Waals surface area contributed by atoms with Gasteiger partial charge < -0.3 is 16.4 Å². The molecule has 2 rings (SSSR count). The van der Waals surface area contributed by atoms with Crippen LogP contribution in [0, 0.1) is 11.7 Å². The number of benzene rings is 1. The molecule has 0 bridgehead atoms. The standard InChI is InChI=1S/C16H22FN3O2/c1-9(2)5-11(8-18)19-16(22)13-7-15(21)20-14-6-10(17)3-4-12(13)14/h3-4,6,9,11,13H,5,7-8,18H2,1-2H3,(H,19,22)(H,20,21). The van der Waals surface area contributed by atoms with Crippen LogP contribution in [0.4, 0.5) is 10.1 Å². The smallest absolute Gasteiger partial charge is 0.228 e. The molecular weight excluding hydrogens is 285 g/mol. The van der Waals surface area contributed by atoms with Gasteiger partial charge in [-0.05, 0) is 30.0 Å². The predicted octanol–water partition coefficient (Wildman–Crippen LogP) is 1.74. The molecule has 22 heavy (non-hydrogen) atoms. The van der Waals surface area contributed by atoms with E-state index >= 15 is 0 Å². The molecule has 0 saturated heterocycles. The third-order valence-electron chi connectivity index (χ3n) is 3.76. The molecule has 4 N–H and O–H groups in total. The van der Waals surface area contributed by atoms with Gasteiger partial charge in [-0.15, -0.1) is 0 Å². The molecule has 1 aliphatic rings. The van der Waals surface area contributed by atoms with Crippen molar-refractivity contribution in [2.45, 2.75) is 38.6 Å². The average molecular weight is 307 g/mol. The molecule has 5 nitrogen and oxygen atoms in total. The maximum atomic E-state index is 13.3. The van der Waals surface area contributed by atoms with E-state index in [1.54, 1.807) is 6.07 Å². The monoisotopic (exact) mass is 307 g/mol. The highest BCUT2D eigenvalue weighted by Gasteiger charge is 2.31. The van der Waals surface area contributed by atoms with Crippen LogP contribution in [0.25, 0.3) is 0 Å². The summed E-state index contributed by atoms with van der Waals surface area (Å²) in [4.78, 5) is 24.2. The summed E-state index contributed by atoms with van der Waals surface area (Å²) in [6.45, 7) is 4.46. The minimum Gasteiger partial charge on any atom is -0.352 e. The fourth-order valence-electron chi connectivity index (χ4n) is 2.76. The number of hydrogen-bond donors (Lipinski definition) is 3. The molecule has 1 heterocycles. The molecule has 0 saturated carbocycles. The number of nitrogens with one attached hydrogen (secondary N) is 2. The van der Waals surface area contributed by atoms with Crippen LogP contribution in [-0.2, 0) is 9.59 Å². The number of anilines is 1. The SMILES string of the molecule is CC(C)CC(CN)NC(=O)C1CC(=O)Nc2cc(F)ccc21. The second-order valence-corrected chi connectivity index (χ2v) is 6.11. The first-order chi connectivity index (χ1) is 10.4. The lowest BCUT2D eigenvalue weighted by molar-refractivity contribution is -0.126. The first-order valence-corrected chi connectivity index (χ1v) is 7.50. The first-order valence-electron chi connectivity index (χ1n) is 7.50. The van der Waals surface area contributed by atoms with Crippen molar-refractivity contribution in [3.8, 4) is 0 Å². The highest BCUT2D eigenvalue weighted by atomic mass is 19.1. The van der Waals surface area contributed by atoms with Crippen molar-refractivity contribution in [2.24, 2.45) is 11.7 Å². The topological polar surface area (TPSA) is 84.2 Å². The largest absolute Gasteiger partial charge is 0.352 e. The van der Waals surface area contributed by atoms with Gasteiger partial charge in [0.15, 0.2) is 0 Å². The van der Waals surface area contributed by atoms with E-state index in [9.17, 15) is 14.0 Å². The summed E-state index contributed by atoms with van der Waals surface area (Å²) >= 11 is 0. The summed E-state index contributed by atoms with van der Waals surface area (Å²) in [5.41, 5.74) is 6.70. The van der Waals surface area contributed by atoms with Crippen LogP contribution in [0.2, 0.25) is 0 Å². The molecule has 1 aromatic carbocycles. The van der Waals surface area contributed by atoms with Crippen LogP contribution in [0.15, 0.2) is 18.2 Å². The zero-order chi connectivity index (χ0) is 16.3. The summed E-state index contributed by atoms with van der Waals surface area (Å²) in [6, 6.07) is 3.96. The van der Waals surface area contributed by atoms with E-state index in [1.807, 2.05) is 0 Å². The predicted molar refractivity (Wildman–Crippen MR) is 82.8 cm³/mol. The fourth-order valence-corrected chi connectivity index (χ4v) is 2.76. The van der Waals surface area contributed by atoms with Crippen LogP contribution < -0.4 is 16.4 Å². The lowest BCUT2D eigenvalue weighted by Gasteiger charge is -2.27. The van der Waals surface area contributed by atoms with Gasteiger partial charge in [-0.25, -0.2) is 4.39 Å². The Hall–Kier alpha value is -1.95. The van der Waals surface area contributed by atoms with Gasteiger partial charge in [0.25, 0.3) is 0 Å². The van der Waals surface area contributed by atoms with E-state index in [1.165, 1.54) is 12.1 Å². The van der Waals surface area contributed by atoms with E-state index in [4.69, 9.17) is 5.73 Å². The van der Waals surface area contributed by atoms with Gasteiger partial charge in [-0.2, -0.15) is 0 Å². The number of fused-ring (bicyclic) bond motifs is 1. The third kappa shape index (κ3) is 3.82. The maximum Gasteiger partial charge on any atom is 0.228 e. The Labute approximate surface area is 129 Å². The highest BCUT2D eigenvalue weighted by Crippen LogP contribution is 2.33. The Bertz CT molecular complexity index is 575. The fraction of sp³-hybridized carbons (Fsp3) is 0.500. The van der Waals surface area contributed by atoms with Crippen molar-refractivity contribution in [3.05, 3.63) is 29.6 Å². The number of carbonyl (C=O) groups excluding carboxylic acids is 2. The molecule has 1 aliphatic heterocycles. The molecule has 0 spiro atoms. The van der Waals surface area contributed by atoms with Gasteiger partial charge in [-0.1, -0.05) is 19.9 Å². The van der Waals surface area contributed by atoms with Crippen LogP contribution in [0.1, 0.15) is 38.2 Å². The molecule has 0 aliphatic carbocycles. The molecular formula is C16H22FN3O2. The van der Waals surface area contributed by atoms with Crippen LogP contribution >= 0.6 is 0 Å². The van der Waals surface area contributed by atoms with Gasteiger partial charge in [0.05, 0.1) is 5.92 Å². The molecule has 0 radical (unpaired) electrons. The number of amides is 2. The Morgan fingerprint density at radius 1 is 1.50 bits per heavy atom. The second-order valence-electron chi connectivity index (χ2n) is 6.11. The first kappa shape index (κ1) is 16.4. The normalized spacial score (nSPS) is 18.6. The Morgan fingerprint density at radius 3 is 2.86 bits per heavy atom. The van der Waals surface area contributed by atoms with E-state index in [-0.39, 0.29) is 24.3 Å². The minimum absolute atomic E-state index is 0.0590. The number of halogens is 1. The average Bonchev–Trinajstić information content (AvgIpc) is 2.44. The Morgan fingerprint density at radius 2 is 2.23 bits per heavy atom. The molecule has 2 atom stereocenters. The summed E-state index contributed by atoms with van der Waals surface area (Å²) < 4.78 is 13.3. The Balaban J connectivity index is 2.18. The van der Waals surface area contributed by atoms with E-state index < -0.39 is 11.7 Å². The molecule has 2 unspecified atom stereocenters. The van der Waals surface area contributed by atoms with Crippen molar-refractivity contribution < 1.29 is 14.0 Å². The summed E-state index contributed by atoms with van der Waals surface area (Å²) in [6.07, 6.45) is 0.834. The maximum absolute atomic E-state index is 13.3. The summed E-state index contributed by atoms with van der Waals surface area (Å²) in [5, 5.41) is 5.51. The zero-order valence-corrected chi connectivity index (χ0v) is 12.9. The quantitative estimate of drug-likeness (QED) is 0.774. The zero-order valence-electron chi connectivity index (χ0n) is 12.9. The molecule has 0 fully saturated rings. The number of carbonyl (C=O) groups is 2. The number of nitrogens with two attached hydrogens (primary N) is 1. The van der Waals surface area contributed by atoms with Gasteiger partial charge in [0, 0.05) is 24.7 Å². The van der Waals surface area contributed by atoms with E-state index in [2.05, 4.69) is 24.5 Å². The second kappa shape index (κ2) is 6.87. The van der Waals surface area contributed by atoms with Gasteiger partial charge >= 0.3 is 0 Å². The molecule has 120 valence electrons. The van der Waals surface area contributed by atoms with Crippen molar-refractivity contribution in [2.75, 3.05) is 11.9 Å². The Kier molecular flexibility index (Phi) is 5.13. The number of rotatable bonds is 5. The van der Waals surface area contributed by atoms with Gasteiger partial charge in [0.1, 0.15) is 5.82 Å². The van der Waals surface area contributed by atoms with Gasteiger partial charge in [-0.3, -0.25) is 9.59 Å². The van der Waals surface area contributed by atoms with Crippen LogP contribution in [0.3, 0.4) is 0 Å². The minimum atomic E-state index is -0.606. The summed E-state index contributed by atoms with van der Waals surface area (Å²) in [7, 11) is 0. The molecule has 0 aromatic heterocycles. The van der Waals surface area contributed by atoms with Crippen molar-refractivity contribution in [1.82, 2.24) is 5.32 Å². The third-order valence-corrected chi connectivity index (χ3v) is 3.76. The van der Waals surface area contributed by atoms with Crippen molar-refractivity contribution in [1.29, 1.82) is 0 Å². The van der Waals surface area contributed by atoms with E-state index in [0.29, 0.717) is 23.7 Å². The van der Waals surface area contributed by atoms with E-state index in [0.717, 1.165) is 6.42 Å². The highest BCUT2D eigenvalue weighted by molar-refractivity contribution is 6.01. The number of hydrogen-bond acceptors (Lipinski definition) is 3. The molecule has 1 aromatic rings. The van der Waals surface area contributed by atoms with Crippen molar-refractivity contribution in [3.63, 3.8) is 0 Å². The molecule has 6 heteroatoms. The van der Waals surface area contributed by atoms with Gasteiger partial charge in [0.2, 0.25) is 11.8 Å². The van der Waals surface area contributed by atoms with Crippen LogP contribution in [-0.4, -0.2) is 24.4 Å². The lowest BCUT2D eigenvalue weighted by atomic mass is 9.89.